The molecule has 0 fully saturated rings. The van der Waals surface area contributed by atoms with Gasteiger partial charge < -0.3 is 5.32 Å². The van der Waals surface area contributed by atoms with E-state index in [9.17, 15) is 4.79 Å². The zero-order valence-corrected chi connectivity index (χ0v) is 15.9. The summed E-state index contributed by atoms with van der Waals surface area (Å²) in [5.41, 5.74) is 4.44. The van der Waals surface area contributed by atoms with E-state index in [0.717, 1.165) is 22.2 Å². The molecular formula is C24H17N5O. The molecule has 0 atom stereocenters. The van der Waals surface area contributed by atoms with E-state index in [1.54, 1.807) is 23.3 Å². The smallest absolute Gasteiger partial charge is 0.256 e. The number of carbonyl (C=O) groups excluding carboxylic acids is 1. The van der Waals surface area contributed by atoms with Crippen LogP contribution in [0.1, 0.15) is 10.4 Å². The van der Waals surface area contributed by atoms with Crippen LogP contribution in [0.2, 0.25) is 0 Å². The first-order valence-electron chi connectivity index (χ1n) is 9.49. The van der Waals surface area contributed by atoms with E-state index in [1.165, 1.54) is 0 Å². The van der Waals surface area contributed by atoms with Gasteiger partial charge in [-0.25, -0.2) is 9.67 Å². The van der Waals surface area contributed by atoms with Gasteiger partial charge in [-0.3, -0.25) is 9.78 Å². The molecule has 0 radical (unpaired) electrons. The van der Waals surface area contributed by atoms with Crippen LogP contribution in [-0.2, 0) is 0 Å². The molecule has 5 rings (SSSR count). The summed E-state index contributed by atoms with van der Waals surface area (Å²) in [5, 5.41) is 8.05. The molecule has 0 bridgehead atoms. The first kappa shape index (κ1) is 17.8. The predicted molar refractivity (Wildman–Crippen MR) is 116 cm³/mol. The summed E-state index contributed by atoms with van der Waals surface area (Å²) in [6, 6.07) is 22.7. The molecule has 0 saturated carbocycles. The molecule has 6 nitrogen and oxygen atoms in total. The lowest BCUT2D eigenvalue weighted by Gasteiger charge is -2.11. The molecule has 5 aromatic rings. The van der Waals surface area contributed by atoms with Gasteiger partial charge in [0, 0.05) is 41.4 Å². The molecule has 0 aliphatic rings. The Morgan fingerprint density at radius 2 is 1.83 bits per heavy atom. The highest BCUT2D eigenvalue weighted by atomic mass is 16.1. The highest BCUT2D eigenvalue weighted by Gasteiger charge is 2.14. The molecule has 3 aromatic heterocycles. The molecule has 0 spiro atoms. The van der Waals surface area contributed by atoms with Crippen LogP contribution in [0.4, 0.5) is 5.69 Å². The number of hydrogen-bond donors (Lipinski definition) is 1. The molecule has 6 heteroatoms. The summed E-state index contributed by atoms with van der Waals surface area (Å²) >= 11 is 0. The Balaban J connectivity index is 1.54. The van der Waals surface area contributed by atoms with E-state index >= 15 is 0 Å². The predicted octanol–water partition coefficient (Wildman–Crippen LogP) is 4.73. The number of carbonyl (C=O) groups is 1. The van der Waals surface area contributed by atoms with Crippen LogP contribution in [0.25, 0.3) is 27.8 Å². The highest BCUT2D eigenvalue weighted by molar-refractivity contribution is 6.13. The van der Waals surface area contributed by atoms with Crippen molar-refractivity contribution in [1.82, 2.24) is 19.7 Å². The van der Waals surface area contributed by atoms with Crippen molar-refractivity contribution < 1.29 is 4.79 Å². The maximum absolute atomic E-state index is 13.2. The number of pyridine rings is 2. The monoisotopic (exact) mass is 391 g/mol. The van der Waals surface area contributed by atoms with E-state index in [2.05, 4.69) is 15.4 Å². The van der Waals surface area contributed by atoms with Crippen LogP contribution in [0.5, 0.6) is 0 Å². The molecule has 0 aliphatic heterocycles. The number of rotatable bonds is 4. The summed E-state index contributed by atoms with van der Waals surface area (Å²) in [6.07, 6.45) is 7.03. The summed E-state index contributed by atoms with van der Waals surface area (Å²) < 4.78 is 1.75. The van der Waals surface area contributed by atoms with E-state index in [1.807, 2.05) is 79.0 Å². The molecule has 1 amide bonds. The van der Waals surface area contributed by atoms with Gasteiger partial charge in [-0.1, -0.05) is 24.3 Å². The van der Waals surface area contributed by atoms with Crippen molar-refractivity contribution in [3.8, 4) is 16.9 Å². The van der Waals surface area contributed by atoms with Crippen molar-refractivity contribution in [2.24, 2.45) is 0 Å². The van der Waals surface area contributed by atoms with Crippen molar-refractivity contribution in [1.29, 1.82) is 0 Å². The number of nitrogens with one attached hydrogen (secondary N) is 1. The van der Waals surface area contributed by atoms with Crippen molar-refractivity contribution in [3.05, 3.63) is 103 Å². The number of aromatic nitrogens is 4. The second-order valence-corrected chi connectivity index (χ2v) is 6.77. The average molecular weight is 391 g/mol. The maximum Gasteiger partial charge on any atom is 0.256 e. The van der Waals surface area contributed by atoms with Crippen molar-refractivity contribution in [2.45, 2.75) is 0 Å². The zero-order valence-electron chi connectivity index (χ0n) is 15.9. The van der Waals surface area contributed by atoms with Gasteiger partial charge in [-0.15, -0.1) is 0 Å². The Morgan fingerprint density at radius 3 is 2.67 bits per heavy atom. The number of fused-ring (bicyclic) bond motifs is 1. The Morgan fingerprint density at radius 1 is 0.900 bits per heavy atom. The van der Waals surface area contributed by atoms with E-state index in [-0.39, 0.29) is 5.91 Å². The number of anilines is 1. The van der Waals surface area contributed by atoms with Crippen LogP contribution in [0, 0.1) is 0 Å². The van der Waals surface area contributed by atoms with Gasteiger partial charge in [0.05, 0.1) is 22.5 Å². The minimum absolute atomic E-state index is 0.198. The van der Waals surface area contributed by atoms with Gasteiger partial charge in [0.1, 0.15) is 0 Å². The molecular weight excluding hydrogens is 374 g/mol. The quantitative estimate of drug-likeness (QED) is 0.480. The van der Waals surface area contributed by atoms with Crippen molar-refractivity contribution in [3.63, 3.8) is 0 Å². The lowest BCUT2D eigenvalue weighted by atomic mass is 10.0. The molecule has 0 saturated heterocycles. The molecule has 2 aromatic carbocycles. The van der Waals surface area contributed by atoms with Gasteiger partial charge >= 0.3 is 0 Å². The largest absolute Gasteiger partial charge is 0.322 e. The van der Waals surface area contributed by atoms with Gasteiger partial charge in [-0.05, 0) is 48.5 Å². The van der Waals surface area contributed by atoms with Crippen LogP contribution in [0.3, 0.4) is 0 Å². The fourth-order valence-corrected chi connectivity index (χ4v) is 3.37. The van der Waals surface area contributed by atoms with Crippen LogP contribution >= 0.6 is 0 Å². The molecule has 3 heterocycles. The van der Waals surface area contributed by atoms with E-state index < -0.39 is 0 Å². The third-order valence-corrected chi connectivity index (χ3v) is 4.79. The molecule has 0 unspecified atom stereocenters. The van der Waals surface area contributed by atoms with Crippen molar-refractivity contribution >= 4 is 22.5 Å². The lowest BCUT2D eigenvalue weighted by Crippen LogP contribution is -2.13. The molecule has 30 heavy (non-hydrogen) atoms. The zero-order chi connectivity index (χ0) is 20.3. The van der Waals surface area contributed by atoms with Crippen LogP contribution in [0.15, 0.2) is 97.6 Å². The van der Waals surface area contributed by atoms with Crippen LogP contribution < -0.4 is 5.32 Å². The van der Waals surface area contributed by atoms with Crippen molar-refractivity contribution in [2.75, 3.05) is 5.32 Å². The Kier molecular flexibility index (Phi) is 4.50. The highest BCUT2D eigenvalue weighted by Crippen LogP contribution is 2.25. The Bertz CT molecular complexity index is 1330. The summed E-state index contributed by atoms with van der Waals surface area (Å²) in [4.78, 5) is 22.1. The SMILES string of the molecule is O=C(Nc1cccc(-n2cccn2)c1)c1cc(-c2cccnc2)nc2ccccc12. The summed E-state index contributed by atoms with van der Waals surface area (Å²) in [5.74, 6) is -0.198. The number of benzene rings is 2. The van der Waals surface area contributed by atoms with Gasteiger partial charge in [0.2, 0.25) is 0 Å². The number of hydrogen-bond acceptors (Lipinski definition) is 4. The second kappa shape index (κ2) is 7.60. The molecule has 0 aliphatic carbocycles. The Labute approximate surface area is 172 Å². The third-order valence-electron chi connectivity index (χ3n) is 4.79. The van der Waals surface area contributed by atoms with E-state index in [4.69, 9.17) is 4.98 Å². The molecule has 144 valence electrons. The summed E-state index contributed by atoms with van der Waals surface area (Å²) in [6.45, 7) is 0. The molecule has 1 N–H and O–H groups in total. The normalized spacial score (nSPS) is 10.8. The van der Waals surface area contributed by atoms with Gasteiger partial charge in [0.25, 0.3) is 5.91 Å². The van der Waals surface area contributed by atoms with Crippen LogP contribution in [-0.4, -0.2) is 25.7 Å². The Hall–Kier alpha value is -4.32. The minimum atomic E-state index is -0.198. The third kappa shape index (κ3) is 3.42. The fourth-order valence-electron chi connectivity index (χ4n) is 3.37. The summed E-state index contributed by atoms with van der Waals surface area (Å²) in [7, 11) is 0. The number of para-hydroxylation sites is 1. The number of amides is 1. The standard InChI is InChI=1S/C24H17N5O/c30-24(27-18-7-3-8-19(14-18)29-13-5-12-26-29)21-15-23(17-6-4-11-25-16-17)28-22-10-2-1-9-20(21)22/h1-16H,(H,27,30). The second-order valence-electron chi connectivity index (χ2n) is 6.77. The minimum Gasteiger partial charge on any atom is -0.322 e. The average Bonchev–Trinajstić information content (AvgIpc) is 3.34. The topological polar surface area (TPSA) is 72.7 Å². The first-order valence-corrected chi connectivity index (χ1v) is 9.49. The maximum atomic E-state index is 13.2. The lowest BCUT2D eigenvalue weighted by molar-refractivity contribution is 0.102. The van der Waals surface area contributed by atoms with Gasteiger partial charge in [-0.2, -0.15) is 5.10 Å². The van der Waals surface area contributed by atoms with Gasteiger partial charge in [0.15, 0.2) is 0 Å². The number of nitrogens with zero attached hydrogens (tertiary/aromatic N) is 4. The van der Waals surface area contributed by atoms with E-state index in [0.29, 0.717) is 16.9 Å². The fraction of sp³-hybridized carbons (Fsp3) is 0. The first-order chi connectivity index (χ1) is 14.8.